The molecule has 1 atom stereocenters. The van der Waals surface area contributed by atoms with Crippen molar-refractivity contribution in [3.05, 3.63) is 35.7 Å². The lowest BCUT2D eigenvalue weighted by molar-refractivity contribution is -0.131. The van der Waals surface area contributed by atoms with E-state index in [1.807, 2.05) is 54.5 Å². The van der Waals surface area contributed by atoms with Crippen LogP contribution in [0.5, 0.6) is 0 Å². The summed E-state index contributed by atoms with van der Waals surface area (Å²) in [6.07, 6.45) is 3.70. The van der Waals surface area contributed by atoms with E-state index in [2.05, 4.69) is 15.5 Å². The molecular weight excluding hydrogens is 386 g/mol. The summed E-state index contributed by atoms with van der Waals surface area (Å²) in [5, 5.41) is 11.9. The molecule has 3 rings (SSSR count). The number of hydrogen-bond donors (Lipinski definition) is 1. The van der Waals surface area contributed by atoms with Crippen LogP contribution in [0.4, 0.5) is 5.69 Å². The molecule has 1 fully saturated rings. The van der Waals surface area contributed by atoms with Gasteiger partial charge >= 0.3 is 0 Å². The van der Waals surface area contributed by atoms with Gasteiger partial charge in [0.05, 0.1) is 11.8 Å². The average Bonchev–Trinajstić information content (AvgIpc) is 2.96. The van der Waals surface area contributed by atoms with Gasteiger partial charge in [0.15, 0.2) is 11.0 Å². The summed E-state index contributed by atoms with van der Waals surface area (Å²) in [4.78, 5) is 26.7. The van der Waals surface area contributed by atoms with E-state index in [9.17, 15) is 9.59 Å². The zero-order valence-corrected chi connectivity index (χ0v) is 18.2. The number of aryl methyl sites for hydroxylation is 1. The highest BCUT2D eigenvalue weighted by molar-refractivity contribution is 8.00. The smallest absolute Gasteiger partial charge is 0.237 e. The van der Waals surface area contributed by atoms with Crippen LogP contribution >= 0.6 is 11.8 Å². The summed E-state index contributed by atoms with van der Waals surface area (Å²) in [6.45, 7) is 7.84. The van der Waals surface area contributed by atoms with Crippen LogP contribution in [-0.4, -0.2) is 43.3 Å². The molecule has 8 heteroatoms. The Morgan fingerprint density at radius 2 is 1.97 bits per heavy atom. The van der Waals surface area contributed by atoms with E-state index in [1.165, 1.54) is 11.8 Å². The highest BCUT2D eigenvalue weighted by atomic mass is 32.2. The van der Waals surface area contributed by atoms with E-state index >= 15 is 0 Å². The van der Waals surface area contributed by atoms with Crippen LogP contribution in [0.1, 0.15) is 50.9 Å². The van der Waals surface area contributed by atoms with Gasteiger partial charge in [0.25, 0.3) is 0 Å². The zero-order chi connectivity index (χ0) is 20.8. The van der Waals surface area contributed by atoms with Crippen LogP contribution in [0.3, 0.4) is 0 Å². The van der Waals surface area contributed by atoms with Crippen molar-refractivity contribution in [2.24, 2.45) is 0 Å². The molecule has 1 saturated heterocycles. The Labute approximate surface area is 176 Å². The van der Waals surface area contributed by atoms with E-state index in [0.717, 1.165) is 42.9 Å². The van der Waals surface area contributed by atoms with Crippen molar-refractivity contribution in [2.45, 2.75) is 70.0 Å². The van der Waals surface area contributed by atoms with E-state index in [0.29, 0.717) is 24.7 Å². The number of nitrogens with one attached hydrogen (secondary N) is 1. The first-order valence-electron chi connectivity index (χ1n) is 10.2. The predicted octanol–water partition coefficient (Wildman–Crippen LogP) is 3.63. The van der Waals surface area contributed by atoms with Crippen molar-refractivity contribution in [1.82, 2.24) is 19.7 Å². The molecule has 1 N–H and O–H groups in total. The summed E-state index contributed by atoms with van der Waals surface area (Å²) in [6, 6.07) is 7.74. The summed E-state index contributed by atoms with van der Waals surface area (Å²) in [5.74, 6) is 0.887. The summed E-state index contributed by atoms with van der Waals surface area (Å²) >= 11 is 1.39. The molecule has 2 heterocycles. The number of aromatic nitrogens is 3. The van der Waals surface area contributed by atoms with Crippen LogP contribution in [0, 0.1) is 6.92 Å². The third-order valence-corrected chi connectivity index (χ3v) is 6.16. The molecule has 1 aliphatic heterocycles. The van der Waals surface area contributed by atoms with Gasteiger partial charge in [0.2, 0.25) is 11.8 Å². The molecule has 0 bridgehead atoms. The van der Waals surface area contributed by atoms with Crippen LogP contribution in [0.25, 0.3) is 0 Å². The monoisotopic (exact) mass is 415 g/mol. The second-order valence-corrected chi connectivity index (χ2v) is 8.69. The molecular formula is C21H29N5O2S. The minimum Gasteiger partial charge on any atom is -0.335 e. The average molecular weight is 416 g/mol. The van der Waals surface area contributed by atoms with Gasteiger partial charge < -0.3 is 14.8 Å². The molecule has 7 nitrogen and oxygen atoms in total. The number of carbonyl (C=O) groups is 2. The first kappa shape index (κ1) is 21.4. The first-order chi connectivity index (χ1) is 14.0. The molecule has 2 amide bonds. The Kier molecular flexibility index (Phi) is 7.30. The molecule has 0 aliphatic carbocycles. The second-order valence-electron chi connectivity index (χ2n) is 7.38. The second kappa shape index (κ2) is 9.91. The van der Waals surface area contributed by atoms with Gasteiger partial charge in [0, 0.05) is 25.2 Å². The lowest BCUT2D eigenvalue weighted by atomic mass is 10.2. The molecule has 1 aliphatic rings. The van der Waals surface area contributed by atoms with Crippen molar-refractivity contribution in [3.63, 3.8) is 0 Å². The topological polar surface area (TPSA) is 80.1 Å². The maximum atomic E-state index is 12.6. The number of amides is 2. The number of thioether (sulfide) groups is 1. The van der Waals surface area contributed by atoms with Gasteiger partial charge in [-0.05, 0) is 45.7 Å². The van der Waals surface area contributed by atoms with Gasteiger partial charge in [0.1, 0.15) is 0 Å². The molecule has 0 unspecified atom stereocenters. The number of likely N-dealkylation sites (tertiary alicyclic amines) is 1. The zero-order valence-electron chi connectivity index (χ0n) is 17.4. The number of carbonyl (C=O) groups excluding carboxylic acids is 2. The quantitative estimate of drug-likeness (QED) is 0.699. The molecule has 2 aromatic rings. The minimum atomic E-state index is -0.321. The van der Waals surface area contributed by atoms with Crippen LogP contribution in [-0.2, 0) is 22.7 Å². The lowest BCUT2D eigenvalue weighted by Gasteiger charge is -2.20. The molecule has 1 aromatic carbocycles. The molecule has 0 radical (unpaired) electrons. The Balaban J connectivity index is 1.65. The standard InChI is InChI=1S/C21H29N5O2S/c1-4-26-18(14-25-13-7-5-6-8-19(25)27)23-24-21(26)29-16(3)20(28)22-17-11-9-15(2)10-12-17/h9-12,16H,4-8,13-14H2,1-3H3,(H,22,28)/t16-/m0/s1. The normalized spacial score (nSPS) is 15.8. The fourth-order valence-electron chi connectivity index (χ4n) is 3.31. The van der Waals surface area contributed by atoms with Crippen molar-refractivity contribution in [2.75, 3.05) is 11.9 Å². The summed E-state index contributed by atoms with van der Waals surface area (Å²) in [7, 11) is 0. The molecule has 0 spiro atoms. The van der Waals surface area contributed by atoms with Gasteiger partial charge in [-0.15, -0.1) is 10.2 Å². The Hall–Kier alpha value is -2.35. The van der Waals surface area contributed by atoms with E-state index in [4.69, 9.17) is 0 Å². The fraction of sp³-hybridized carbons (Fsp3) is 0.524. The van der Waals surface area contributed by atoms with E-state index < -0.39 is 0 Å². The third-order valence-electron chi connectivity index (χ3n) is 5.08. The van der Waals surface area contributed by atoms with Crippen molar-refractivity contribution >= 4 is 29.3 Å². The van der Waals surface area contributed by atoms with Crippen LogP contribution < -0.4 is 5.32 Å². The van der Waals surface area contributed by atoms with Gasteiger partial charge in [-0.3, -0.25) is 9.59 Å². The molecule has 156 valence electrons. The highest BCUT2D eigenvalue weighted by Gasteiger charge is 2.23. The lowest BCUT2D eigenvalue weighted by Crippen LogP contribution is -2.31. The number of hydrogen-bond acceptors (Lipinski definition) is 5. The third kappa shape index (κ3) is 5.59. The van der Waals surface area contributed by atoms with Gasteiger partial charge in [-0.2, -0.15) is 0 Å². The Morgan fingerprint density at radius 3 is 2.69 bits per heavy atom. The largest absolute Gasteiger partial charge is 0.335 e. The SMILES string of the molecule is CCn1c(CN2CCCCCC2=O)nnc1S[C@@H](C)C(=O)Nc1ccc(C)cc1. The van der Waals surface area contributed by atoms with Crippen LogP contribution in [0.15, 0.2) is 29.4 Å². The molecule has 29 heavy (non-hydrogen) atoms. The Morgan fingerprint density at radius 1 is 1.21 bits per heavy atom. The minimum absolute atomic E-state index is 0.0752. The van der Waals surface area contributed by atoms with Gasteiger partial charge in [-0.1, -0.05) is 35.9 Å². The molecule has 0 saturated carbocycles. The van der Waals surface area contributed by atoms with E-state index in [1.54, 1.807) is 0 Å². The summed E-state index contributed by atoms with van der Waals surface area (Å²) in [5.41, 5.74) is 1.93. The van der Waals surface area contributed by atoms with Crippen molar-refractivity contribution < 1.29 is 9.59 Å². The van der Waals surface area contributed by atoms with Crippen LogP contribution in [0.2, 0.25) is 0 Å². The predicted molar refractivity (Wildman–Crippen MR) is 115 cm³/mol. The maximum absolute atomic E-state index is 12.6. The fourth-order valence-corrected chi connectivity index (χ4v) is 4.24. The maximum Gasteiger partial charge on any atom is 0.237 e. The van der Waals surface area contributed by atoms with E-state index in [-0.39, 0.29) is 17.1 Å². The number of benzene rings is 1. The van der Waals surface area contributed by atoms with Crippen molar-refractivity contribution in [1.29, 1.82) is 0 Å². The highest BCUT2D eigenvalue weighted by Crippen LogP contribution is 2.24. The number of anilines is 1. The number of nitrogens with zero attached hydrogens (tertiary/aromatic N) is 4. The first-order valence-corrected chi connectivity index (χ1v) is 11.1. The molecule has 1 aromatic heterocycles. The Bertz CT molecular complexity index is 849. The van der Waals surface area contributed by atoms with Gasteiger partial charge in [-0.25, -0.2) is 0 Å². The van der Waals surface area contributed by atoms with Crippen molar-refractivity contribution in [3.8, 4) is 0 Å². The summed E-state index contributed by atoms with van der Waals surface area (Å²) < 4.78 is 2.00. The number of rotatable bonds is 7.